The molecule has 0 saturated carbocycles. The van der Waals surface area contributed by atoms with Gasteiger partial charge in [0.2, 0.25) is 0 Å². The van der Waals surface area contributed by atoms with E-state index in [1.54, 1.807) is 0 Å². The fourth-order valence-electron chi connectivity index (χ4n) is 2.33. The molecule has 0 unspecified atom stereocenters. The minimum absolute atomic E-state index is 0.112. The van der Waals surface area contributed by atoms with Crippen LogP contribution in [-0.4, -0.2) is 35.3 Å². The minimum atomic E-state index is -0.995. The van der Waals surface area contributed by atoms with Gasteiger partial charge in [0, 0.05) is 19.3 Å². The number of carboxylic acid groups (broad SMARTS) is 1. The molecule has 2 aromatic rings. The molecule has 5 nitrogen and oxygen atoms in total. The van der Waals surface area contributed by atoms with Crippen molar-refractivity contribution in [1.29, 1.82) is 0 Å². The predicted molar refractivity (Wildman–Crippen MR) is 82.0 cm³/mol. The Hall–Kier alpha value is -1.92. The Morgan fingerprint density at radius 2 is 2.00 bits per heavy atom. The summed E-state index contributed by atoms with van der Waals surface area (Å²) in [6, 6.07) is 9.80. The van der Waals surface area contributed by atoms with Gasteiger partial charge in [0.15, 0.2) is 10.8 Å². The third kappa shape index (κ3) is 3.22. The van der Waals surface area contributed by atoms with E-state index in [-0.39, 0.29) is 5.69 Å². The molecule has 1 aliphatic heterocycles. The number of nitrogens with one attached hydrogen (secondary N) is 1. The van der Waals surface area contributed by atoms with Crippen molar-refractivity contribution >= 4 is 22.4 Å². The molecule has 1 aliphatic rings. The normalized spacial score (nSPS) is 15.8. The van der Waals surface area contributed by atoms with Crippen LogP contribution >= 0.6 is 11.3 Å². The maximum absolute atomic E-state index is 11.4. The summed E-state index contributed by atoms with van der Waals surface area (Å²) in [5.74, 6) is -0.995. The molecule has 2 heterocycles. The molecule has 6 heteroatoms. The van der Waals surface area contributed by atoms with Gasteiger partial charge in [-0.25, -0.2) is 9.78 Å². The quantitative estimate of drug-likeness (QED) is 0.908. The summed E-state index contributed by atoms with van der Waals surface area (Å²) in [5.41, 5.74) is 0.994. The lowest BCUT2D eigenvalue weighted by molar-refractivity contribution is 0.0692. The fraction of sp³-hybridized carbons (Fsp3) is 0.333. The van der Waals surface area contributed by atoms with Crippen LogP contribution in [0.1, 0.15) is 23.3 Å². The van der Waals surface area contributed by atoms with Crippen molar-refractivity contribution in [3.8, 4) is 10.4 Å². The van der Waals surface area contributed by atoms with E-state index in [4.69, 9.17) is 4.74 Å². The number of benzene rings is 1. The third-order valence-electron chi connectivity index (χ3n) is 3.41. The van der Waals surface area contributed by atoms with E-state index in [1.165, 1.54) is 11.3 Å². The molecule has 21 heavy (non-hydrogen) atoms. The average molecular weight is 304 g/mol. The summed E-state index contributed by atoms with van der Waals surface area (Å²) in [5, 5.41) is 13.3. The van der Waals surface area contributed by atoms with Gasteiger partial charge in [-0.3, -0.25) is 0 Å². The van der Waals surface area contributed by atoms with Gasteiger partial charge in [-0.15, -0.1) is 0 Å². The molecule has 0 atom stereocenters. The summed E-state index contributed by atoms with van der Waals surface area (Å²) in [4.78, 5) is 16.3. The predicted octanol–water partition coefficient (Wildman–Crippen LogP) is 3.10. The molecule has 0 amide bonds. The van der Waals surface area contributed by atoms with Crippen LogP contribution in [0, 0.1) is 0 Å². The van der Waals surface area contributed by atoms with Gasteiger partial charge in [-0.2, -0.15) is 0 Å². The van der Waals surface area contributed by atoms with Crippen LogP contribution in [0.25, 0.3) is 10.4 Å². The van der Waals surface area contributed by atoms with Crippen molar-refractivity contribution in [2.45, 2.75) is 18.9 Å². The van der Waals surface area contributed by atoms with Crippen LogP contribution in [0.5, 0.6) is 0 Å². The number of carboxylic acids is 1. The zero-order valence-corrected chi connectivity index (χ0v) is 12.2. The third-order valence-corrected chi connectivity index (χ3v) is 4.45. The molecule has 1 aromatic carbocycles. The smallest absolute Gasteiger partial charge is 0.356 e. The lowest BCUT2D eigenvalue weighted by atomic mass is 10.1. The number of rotatable bonds is 4. The first-order valence-corrected chi connectivity index (χ1v) is 7.69. The molecule has 0 spiro atoms. The molecule has 0 aliphatic carbocycles. The summed E-state index contributed by atoms with van der Waals surface area (Å²) in [6.45, 7) is 1.47. The first kappa shape index (κ1) is 14.0. The number of hydrogen-bond acceptors (Lipinski definition) is 5. The van der Waals surface area contributed by atoms with Gasteiger partial charge in [0.25, 0.3) is 0 Å². The Kier molecular flexibility index (Phi) is 4.17. The van der Waals surface area contributed by atoms with Crippen molar-refractivity contribution in [3.05, 3.63) is 36.0 Å². The van der Waals surface area contributed by atoms with E-state index >= 15 is 0 Å². The Balaban J connectivity index is 1.87. The van der Waals surface area contributed by atoms with Crippen molar-refractivity contribution in [2.24, 2.45) is 0 Å². The monoisotopic (exact) mass is 304 g/mol. The van der Waals surface area contributed by atoms with Crippen molar-refractivity contribution < 1.29 is 14.6 Å². The Morgan fingerprint density at radius 1 is 1.29 bits per heavy atom. The average Bonchev–Trinajstić information content (AvgIpc) is 2.93. The number of anilines is 1. The van der Waals surface area contributed by atoms with Gasteiger partial charge >= 0.3 is 5.97 Å². The van der Waals surface area contributed by atoms with Crippen molar-refractivity contribution in [3.63, 3.8) is 0 Å². The Bertz CT molecular complexity index is 621. The number of ether oxygens (including phenoxy) is 1. The maximum Gasteiger partial charge on any atom is 0.356 e. The minimum Gasteiger partial charge on any atom is -0.476 e. The standard InChI is InChI=1S/C15H16N2O3S/c18-14(19)12-13(10-4-2-1-3-5-10)21-15(17-12)16-11-6-8-20-9-7-11/h1-5,11H,6-9H2,(H,16,17)(H,18,19). The molecule has 2 N–H and O–H groups in total. The largest absolute Gasteiger partial charge is 0.476 e. The molecule has 1 fully saturated rings. The van der Waals surface area contributed by atoms with Crippen LogP contribution in [0.2, 0.25) is 0 Å². The van der Waals surface area contributed by atoms with Gasteiger partial charge < -0.3 is 15.2 Å². The topological polar surface area (TPSA) is 71.5 Å². The Labute approximate surface area is 126 Å². The summed E-state index contributed by atoms with van der Waals surface area (Å²) in [7, 11) is 0. The Morgan fingerprint density at radius 3 is 2.67 bits per heavy atom. The molecular weight excluding hydrogens is 288 g/mol. The molecule has 0 bridgehead atoms. The molecule has 1 saturated heterocycles. The van der Waals surface area contributed by atoms with Gasteiger partial charge in [0.1, 0.15) is 0 Å². The van der Waals surface area contributed by atoms with Gasteiger partial charge in [0.05, 0.1) is 4.88 Å². The lowest BCUT2D eigenvalue weighted by Gasteiger charge is -2.22. The first-order chi connectivity index (χ1) is 10.2. The van der Waals surface area contributed by atoms with Crippen LogP contribution in [0.15, 0.2) is 30.3 Å². The van der Waals surface area contributed by atoms with E-state index < -0.39 is 5.97 Å². The highest BCUT2D eigenvalue weighted by Crippen LogP contribution is 2.33. The summed E-state index contributed by atoms with van der Waals surface area (Å²) in [6.07, 6.45) is 1.84. The highest BCUT2D eigenvalue weighted by molar-refractivity contribution is 7.19. The highest BCUT2D eigenvalue weighted by Gasteiger charge is 2.21. The molecule has 3 rings (SSSR count). The second-order valence-electron chi connectivity index (χ2n) is 4.90. The molecule has 1 aromatic heterocycles. The van der Waals surface area contributed by atoms with Gasteiger partial charge in [-0.1, -0.05) is 41.7 Å². The molecular formula is C15H16N2O3S. The SMILES string of the molecule is O=C(O)c1nc(NC2CCOCC2)sc1-c1ccccc1. The lowest BCUT2D eigenvalue weighted by Crippen LogP contribution is -2.27. The van der Waals surface area contributed by atoms with Crippen molar-refractivity contribution in [1.82, 2.24) is 4.98 Å². The zero-order chi connectivity index (χ0) is 14.7. The van der Waals surface area contributed by atoms with E-state index in [2.05, 4.69) is 10.3 Å². The van der Waals surface area contributed by atoms with E-state index in [1.807, 2.05) is 30.3 Å². The number of aromatic nitrogens is 1. The summed E-state index contributed by atoms with van der Waals surface area (Å²) < 4.78 is 5.32. The van der Waals surface area contributed by atoms with E-state index in [9.17, 15) is 9.90 Å². The molecule has 110 valence electrons. The van der Waals surface area contributed by atoms with E-state index in [0.29, 0.717) is 16.1 Å². The number of nitrogens with zero attached hydrogens (tertiary/aromatic N) is 1. The van der Waals surface area contributed by atoms with Crippen molar-refractivity contribution in [2.75, 3.05) is 18.5 Å². The molecule has 0 radical (unpaired) electrons. The van der Waals surface area contributed by atoms with Crippen LogP contribution < -0.4 is 5.32 Å². The fourth-order valence-corrected chi connectivity index (χ4v) is 3.37. The zero-order valence-electron chi connectivity index (χ0n) is 11.4. The van der Waals surface area contributed by atoms with Gasteiger partial charge in [-0.05, 0) is 18.4 Å². The number of thiazole rings is 1. The number of carbonyl (C=O) groups is 1. The van der Waals surface area contributed by atoms with Crippen LogP contribution in [0.4, 0.5) is 5.13 Å². The van der Waals surface area contributed by atoms with Crippen LogP contribution in [0.3, 0.4) is 0 Å². The second kappa shape index (κ2) is 6.24. The second-order valence-corrected chi connectivity index (χ2v) is 5.90. The number of aromatic carboxylic acids is 1. The first-order valence-electron chi connectivity index (χ1n) is 6.88. The van der Waals surface area contributed by atoms with Crippen LogP contribution in [-0.2, 0) is 4.74 Å². The maximum atomic E-state index is 11.4. The number of hydrogen-bond donors (Lipinski definition) is 2. The van der Waals surface area contributed by atoms with E-state index in [0.717, 1.165) is 31.6 Å². The highest BCUT2D eigenvalue weighted by atomic mass is 32.1. The summed E-state index contributed by atoms with van der Waals surface area (Å²) >= 11 is 1.39.